The van der Waals surface area contributed by atoms with E-state index in [1.807, 2.05) is 0 Å². The Labute approximate surface area is 135 Å². The van der Waals surface area contributed by atoms with Gasteiger partial charge in [0.1, 0.15) is 5.75 Å². The lowest BCUT2D eigenvalue weighted by Gasteiger charge is -2.35. The van der Waals surface area contributed by atoms with E-state index < -0.39 is 30.7 Å². The molecule has 9 heteroatoms. The summed E-state index contributed by atoms with van der Waals surface area (Å²) in [5, 5.41) is 9.21. The Kier molecular flexibility index (Phi) is 5.38. The van der Waals surface area contributed by atoms with Crippen molar-refractivity contribution >= 4 is 23.5 Å². The number of nitrogens with zero attached hydrogens (tertiary/aromatic N) is 1. The second kappa shape index (κ2) is 7.10. The van der Waals surface area contributed by atoms with Gasteiger partial charge < -0.3 is 19.5 Å². The van der Waals surface area contributed by atoms with E-state index in [0.29, 0.717) is 0 Å². The average Bonchev–Trinajstić information content (AvgIpc) is 2.47. The lowest BCUT2D eigenvalue weighted by atomic mass is 10.1. The topological polar surface area (TPSA) is 76.1 Å². The van der Waals surface area contributed by atoms with Gasteiger partial charge in [0.2, 0.25) is 0 Å². The van der Waals surface area contributed by atoms with Crippen LogP contribution in [0.4, 0.5) is 8.78 Å². The molecule has 126 valence electrons. The van der Waals surface area contributed by atoms with Crippen LogP contribution in [0.5, 0.6) is 5.75 Å². The van der Waals surface area contributed by atoms with E-state index in [2.05, 4.69) is 4.74 Å². The lowest BCUT2D eigenvalue weighted by molar-refractivity contribution is -0.160. The highest BCUT2D eigenvalue weighted by atomic mass is 35.5. The number of ether oxygens (including phenoxy) is 2. The van der Waals surface area contributed by atoms with Crippen molar-refractivity contribution in [3.63, 3.8) is 0 Å². The number of amides is 1. The minimum atomic E-state index is -3.10. The Bertz CT molecular complexity index is 613. The largest absolute Gasteiger partial charge is 0.479 e. The van der Waals surface area contributed by atoms with Crippen LogP contribution in [0.2, 0.25) is 5.02 Å². The zero-order chi connectivity index (χ0) is 17.1. The summed E-state index contributed by atoms with van der Waals surface area (Å²) in [4.78, 5) is 24.8. The summed E-state index contributed by atoms with van der Waals surface area (Å²) in [5.41, 5.74) is -0.156. The molecule has 0 spiro atoms. The van der Waals surface area contributed by atoms with Crippen LogP contribution in [-0.4, -0.2) is 53.8 Å². The van der Waals surface area contributed by atoms with Crippen molar-refractivity contribution in [2.45, 2.75) is 25.7 Å². The van der Waals surface area contributed by atoms with E-state index in [4.69, 9.17) is 21.4 Å². The molecule has 1 N–H and O–H groups in total. The van der Waals surface area contributed by atoms with Gasteiger partial charge in [-0.2, -0.15) is 8.78 Å². The summed E-state index contributed by atoms with van der Waals surface area (Å²) >= 11 is 5.81. The molecule has 0 saturated carbocycles. The first-order valence-corrected chi connectivity index (χ1v) is 7.07. The van der Waals surface area contributed by atoms with Crippen LogP contribution in [0.25, 0.3) is 0 Å². The third-order valence-electron chi connectivity index (χ3n) is 3.21. The Morgan fingerprint density at radius 3 is 2.74 bits per heavy atom. The van der Waals surface area contributed by atoms with Crippen LogP contribution >= 0.6 is 11.6 Å². The molecule has 1 saturated heterocycles. The van der Waals surface area contributed by atoms with Crippen LogP contribution in [0.1, 0.15) is 17.3 Å². The molecule has 6 nitrogen and oxygen atoms in total. The van der Waals surface area contributed by atoms with Gasteiger partial charge in [0.05, 0.1) is 18.2 Å². The molecule has 1 heterocycles. The Morgan fingerprint density at radius 2 is 2.13 bits per heavy atom. The normalized spacial score (nSPS) is 21.3. The summed E-state index contributed by atoms with van der Waals surface area (Å²) in [6.45, 7) is -1.55. The predicted octanol–water partition coefficient (Wildman–Crippen LogP) is 2.26. The van der Waals surface area contributed by atoms with Gasteiger partial charge in [0.25, 0.3) is 5.91 Å². The summed E-state index contributed by atoms with van der Waals surface area (Å²) in [5.74, 6) is -2.17. The SMILES string of the molecule is C[C@@H]1CN(C(=O)c2cc(Cl)ccc2OC(F)F)CC(C(=O)O)O1. The fraction of sp³-hybridized carbons (Fsp3) is 0.429. The number of hydrogen-bond acceptors (Lipinski definition) is 4. The fourth-order valence-corrected chi connectivity index (χ4v) is 2.46. The van der Waals surface area contributed by atoms with Crippen LogP contribution in [0.3, 0.4) is 0 Å². The van der Waals surface area contributed by atoms with Gasteiger partial charge in [0, 0.05) is 11.6 Å². The van der Waals surface area contributed by atoms with Crippen molar-refractivity contribution in [1.82, 2.24) is 4.90 Å². The van der Waals surface area contributed by atoms with E-state index in [1.165, 1.54) is 23.1 Å². The number of carboxylic acid groups (broad SMARTS) is 1. The minimum absolute atomic E-state index is 0.128. The van der Waals surface area contributed by atoms with Gasteiger partial charge in [-0.25, -0.2) is 4.79 Å². The monoisotopic (exact) mass is 349 g/mol. The van der Waals surface area contributed by atoms with E-state index in [-0.39, 0.29) is 29.4 Å². The van der Waals surface area contributed by atoms with Gasteiger partial charge in [-0.15, -0.1) is 0 Å². The first kappa shape index (κ1) is 17.4. The maximum Gasteiger partial charge on any atom is 0.387 e. The number of rotatable bonds is 4. The number of benzene rings is 1. The number of morpholine rings is 1. The number of carbonyl (C=O) groups excluding carboxylic acids is 1. The zero-order valence-corrected chi connectivity index (χ0v) is 12.8. The number of carbonyl (C=O) groups is 2. The molecule has 1 aliphatic heterocycles. The van der Waals surface area contributed by atoms with E-state index >= 15 is 0 Å². The zero-order valence-electron chi connectivity index (χ0n) is 12.0. The number of hydrogen-bond donors (Lipinski definition) is 1. The maximum absolute atomic E-state index is 12.6. The van der Waals surface area contributed by atoms with Crippen molar-refractivity contribution in [1.29, 1.82) is 0 Å². The van der Waals surface area contributed by atoms with E-state index in [1.54, 1.807) is 6.92 Å². The number of carboxylic acids is 1. The van der Waals surface area contributed by atoms with Crippen molar-refractivity contribution in [2.75, 3.05) is 13.1 Å². The first-order valence-electron chi connectivity index (χ1n) is 6.70. The summed E-state index contributed by atoms with van der Waals surface area (Å²) in [6.07, 6.45) is -1.69. The van der Waals surface area contributed by atoms with Crippen LogP contribution < -0.4 is 4.74 Å². The number of halogens is 3. The van der Waals surface area contributed by atoms with Crippen molar-refractivity contribution in [3.8, 4) is 5.75 Å². The highest BCUT2D eigenvalue weighted by Gasteiger charge is 2.34. The lowest BCUT2D eigenvalue weighted by Crippen LogP contribution is -2.51. The van der Waals surface area contributed by atoms with E-state index in [0.717, 1.165) is 0 Å². The molecule has 1 aromatic carbocycles. The second-order valence-electron chi connectivity index (χ2n) is 5.00. The van der Waals surface area contributed by atoms with Gasteiger partial charge in [-0.05, 0) is 25.1 Å². The Morgan fingerprint density at radius 1 is 1.43 bits per heavy atom. The Hall–Kier alpha value is -1.93. The summed E-state index contributed by atoms with van der Waals surface area (Å²) in [6, 6.07) is 3.69. The molecule has 1 amide bonds. The third kappa shape index (κ3) is 4.29. The Balaban J connectivity index is 2.28. The molecule has 0 aliphatic carbocycles. The van der Waals surface area contributed by atoms with Gasteiger partial charge in [-0.1, -0.05) is 11.6 Å². The highest BCUT2D eigenvalue weighted by Crippen LogP contribution is 2.27. The average molecular weight is 350 g/mol. The summed E-state index contributed by atoms with van der Waals surface area (Å²) in [7, 11) is 0. The second-order valence-corrected chi connectivity index (χ2v) is 5.44. The summed E-state index contributed by atoms with van der Waals surface area (Å²) < 4.78 is 34.5. The van der Waals surface area contributed by atoms with Gasteiger partial charge >= 0.3 is 12.6 Å². The van der Waals surface area contributed by atoms with Crippen LogP contribution in [0, 0.1) is 0 Å². The number of alkyl halides is 2. The molecule has 0 bridgehead atoms. The fourth-order valence-electron chi connectivity index (χ4n) is 2.29. The molecular weight excluding hydrogens is 336 g/mol. The van der Waals surface area contributed by atoms with Gasteiger partial charge in [-0.3, -0.25) is 4.79 Å². The van der Waals surface area contributed by atoms with Crippen LogP contribution in [-0.2, 0) is 9.53 Å². The quantitative estimate of drug-likeness (QED) is 0.902. The molecule has 1 unspecified atom stereocenters. The first-order chi connectivity index (χ1) is 10.8. The van der Waals surface area contributed by atoms with Crippen LogP contribution in [0.15, 0.2) is 18.2 Å². The predicted molar refractivity (Wildman–Crippen MR) is 76.0 cm³/mol. The smallest absolute Gasteiger partial charge is 0.387 e. The van der Waals surface area contributed by atoms with Crippen molar-refractivity contribution < 1.29 is 33.0 Å². The number of aliphatic carboxylic acids is 1. The molecule has 1 fully saturated rings. The van der Waals surface area contributed by atoms with Crippen molar-refractivity contribution in [3.05, 3.63) is 28.8 Å². The molecule has 1 aromatic rings. The molecule has 2 atom stereocenters. The molecule has 0 aromatic heterocycles. The standard InChI is InChI=1S/C14H14ClF2NO5/c1-7-5-18(6-11(22-7)13(20)21)12(19)9-4-8(15)2-3-10(9)23-14(16)17/h2-4,7,11,14H,5-6H2,1H3,(H,20,21)/t7-,11?/m1/s1. The van der Waals surface area contributed by atoms with Crippen molar-refractivity contribution in [2.24, 2.45) is 0 Å². The highest BCUT2D eigenvalue weighted by molar-refractivity contribution is 6.31. The third-order valence-corrected chi connectivity index (χ3v) is 3.45. The molecule has 1 aliphatic rings. The molecular formula is C14H14ClF2NO5. The molecule has 23 heavy (non-hydrogen) atoms. The maximum atomic E-state index is 12.6. The van der Waals surface area contributed by atoms with E-state index in [9.17, 15) is 18.4 Å². The molecule has 0 radical (unpaired) electrons. The van der Waals surface area contributed by atoms with Gasteiger partial charge in [0.15, 0.2) is 6.10 Å². The minimum Gasteiger partial charge on any atom is -0.479 e. The molecule has 2 rings (SSSR count).